The van der Waals surface area contributed by atoms with E-state index in [0.29, 0.717) is 16.9 Å². The predicted octanol–water partition coefficient (Wildman–Crippen LogP) is 5.72. The van der Waals surface area contributed by atoms with E-state index in [9.17, 15) is 9.18 Å². The zero-order chi connectivity index (χ0) is 19.9. The Labute approximate surface area is 168 Å². The molecule has 0 aromatic heterocycles. The molecule has 0 aliphatic carbocycles. The molecule has 0 saturated carbocycles. The lowest BCUT2D eigenvalue weighted by Gasteiger charge is -2.12. The molecule has 5 heteroatoms. The van der Waals surface area contributed by atoms with Gasteiger partial charge in [-0.25, -0.2) is 4.39 Å². The van der Waals surface area contributed by atoms with Gasteiger partial charge in [0.2, 0.25) is 0 Å². The van der Waals surface area contributed by atoms with Crippen molar-refractivity contribution in [2.45, 2.75) is 23.1 Å². The molecule has 0 atom stereocenters. The van der Waals surface area contributed by atoms with Crippen molar-refractivity contribution in [1.29, 1.82) is 0 Å². The molecular weight excluding hydrogens is 371 g/mol. The number of rotatable bonds is 7. The van der Waals surface area contributed by atoms with Crippen molar-refractivity contribution in [3.8, 4) is 0 Å². The fraction of sp³-hybridized carbons (Fsp3) is 0.0870. The van der Waals surface area contributed by atoms with E-state index >= 15 is 0 Å². The number of aryl methyl sites for hydroxylation is 1. The van der Waals surface area contributed by atoms with E-state index in [1.807, 2.05) is 49.4 Å². The van der Waals surface area contributed by atoms with Crippen LogP contribution in [0, 0.1) is 5.82 Å². The van der Waals surface area contributed by atoms with Crippen molar-refractivity contribution in [2.24, 2.45) is 5.73 Å². The topological polar surface area (TPSA) is 55.1 Å². The number of hydrogen-bond acceptors (Lipinski definition) is 4. The Kier molecular flexibility index (Phi) is 6.50. The van der Waals surface area contributed by atoms with Gasteiger partial charge in [-0.05, 0) is 36.2 Å². The molecule has 142 valence electrons. The van der Waals surface area contributed by atoms with Gasteiger partial charge < -0.3 is 11.1 Å². The van der Waals surface area contributed by atoms with Gasteiger partial charge in [-0.3, -0.25) is 4.79 Å². The highest BCUT2D eigenvalue weighted by Crippen LogP contribution is 2.32. The maximum Gasteiger partial charge on any atom is 0.150 e. The summed E-state index contributed by atoms with van der Waals surface area (Å²) in [5.74, 6) is -0.304. The molecule has 28 heavy (non-hydrogen) atoms. The molecule has 3 N–H and O–H groups in total. The van der Waals surface area contributed by atoms with E-state index in [2.05, 4.69) is 5.32 Å². The van der Waals surface area contributed by atoms with E-state index in [-0.39, 0.29) is 5.82 Å². The minimum Gasteiger partial charge on any atom is -0.397 e. The summed E-state index contributed by atoms with van der Waals surface area (Å²) in [5, 5.41) is 3.03. The summed E-state index contributed by atoms with van der Waals surface area (Å²) in [6, 6.07) is 20.1. The van der Waals surface area contributed by atoms with E-state index in [4.69, 9.17) is 5.73 Å². The SMILES string of the molecule is CCc1cccc(F)c1N/C=C(\N)c1ccccc1Sc1ccc(C=O)cc1. The van der Waals surface area contributed by atoms with Crippen LogP contribution in [-0.2, 0) is 6.42 Å². The quantitative estimate of drug-likeness (QED) is 0.505. The van der Waals surface area contributed by atoms with Crippen molar-refractivity contribution in [2.75, 3.05) is 5.32 Å². The molecule has 0 bridgehead atoms. The second kappa shape index (κ2) is 9.24. The molecule has 3 rings (SSSR count). The average Bonchev–Trinajstić information content (AvgIpc) is 2.73. The molecule has 0 unspecified atom stereocenters. The highest BCUT2D eigenvalue weighted by atomic mass is 32.2. The van der Waals surface area contributed by atoms with Gasteiger partial charge >= 0.3 is 0 Å². The highest BCUT2D eigenvalue weighted by Gasteiger charge is 2.09. The molecule has 3 nitrogen and oxygen atoms in total. The van der Waals surface area contributed by atoms with Crippen LogP contribution >= 0.6 is 11.8 Å². The van der Waals surface area contributed by atoms with E-state index in [1.54, 1.807) is 36.2 Å². The summed E-state index contributed by atoms with van der Waals surface area (Å²) >= 11 is 1.56. The lowest BCUT2D eigenvalue weighted by Crippen LogP contribution is -2.04. The third-order valence-electron chi connectivity index (χ3n) is 4.29. The van der Waals surface area contributed by atoms with Crippen molar-refractivity contribution >= 4 is 29.4 Å². The maximum atomic E-state index is 14.2. The Bertz CT molecular complexity index is 1000. The first-order valence-corrected chi connectivity index (χ1v) is 9.76. The minimum absolute atomic E-state index is 0.304. The number of carbonyl (C=O) groups is 1. The minimum atomic E-state index is -0.304. The Hall–Kier alpha value is -3.05. The number of hydrogen-bond donors (Lipinski definition) is 2. The molecule has 0 heterocycles. The van der Waals surface area contributed by atoms with Gasteiger partial charge in [-0.1, -0.05) is 61.2 Å². The van der Waals surface area contributed by atoms with Gasteiger partial charge in [0.25, 0.3) is 0 Å². The molecule has 0 aliphatic rings. The first kappa shape index (κ1) is 19.7. The number of para-hydroxylation sites is 1. The molecule has 0 aliphatic heterocycles. The van der Waals surface area contributed by atoms with Crippen LogP contribution in [-0.4, -0.2) is 6.29 Å². The van der Waals surface area contributed by atoms with Crippen molar-refractivity contribution in [3.05, 3.63) is 95.4 Å². The molecule has 0 radical (unpaired) electrons. The Morgan fingerprint density at radius 1 is 1.07 bits per heavy atom. The smallest absolute Gasteiger partial charge is 0.150 e. The zero-order valence-corrected chi connectivity index (χ0v) is 16.3. The number of carbonyl (C=O) groups excluding carboxylic acids is 1. The second-order valence-electron chi connectivity index (χ2n) is 6.16. The number of nitrogens with two attached hydrogens (primary N) is 1. The standard InChI is InChI=1S/C23H21FN2OS/c1-2-17-6-5-8-20(24)23(17)26-14-21(25)19-7-3-4-9-22(19)28-18-12-10-16(15-27)11-13-18/h3-15,26H,2,25H2,1H3/b21-14-. The Balaban J connectivity index is 1.85. The van der Waals surface area contributed by atoms with Crippen LogP contribution in [0.5, 0.6) is 0 Å². The average molecular weight is 392 g/mol. The monoisotopic (exact) mass is 392 g/mol. The Morgan fingerprint density at radius 2 is 1.82 bits per heavy atom. The molecule has 3 aromatic carbocycles. The van der Waals surface area contributed by atoms with Crippen LogP contribution < -0.4 is 11.1 Å². The van der Waals surface area contributed by atoms with Gasteiger partial charge in [0.1, 0.15) is 12.1 Å². The van der Waals surface area contributed by atoms with Gasteiger partial charge in [0, 0.05) is 27.1 Å². The van der Waals surface area contributed by atoms with Gasteiger partial charge in [0.05, 0.1) is 11.4 Å². The van der Waals surface area contributed by atoms with Crippen molar-refractivity contribution < 1.29 is 9.18 Å². The number of anilines is 1. The Morgan fingerprint density at radius 3 is 2.54 bits per heavy atom. The van der Waals surface area contributed by atoms with E-state index in [0.717, 1.165) is 33.6 Å². The normalized spacial score (nSPS) is 11.3. The number of benzene rings is 3. The third kappa shape index (κ3) is 4.61. The fourth-order valence-corrected chi connectivity index (χ4v) is 3.76. The lowest BCUT2D eigenvalue weighted by atomic mass is 10.1. The molecule has 3 aromatic rings. The zero-order valence-electron chi connectivity index (χ0n) is 15.5. The predicted molar refractivity (Wildman–Crippen MR) is 114 cm³/mol. The van der Waals surface area contributed by atoms with Crippen LogP contribution in [0.3, 0.4) is 0 Å². The van der Waals surface area contributed by atoms with Crippen LogP contribution in [0.25, 0.3) is 5.70 Å². The maximum absolute atomic E-state index is 14.2. The van der Waals surface area contributed by atoms with Crippen LogP contribution in [0.2, 0.25) is 0 Å². The summed E-state index contributed by atoms with van der Waals surface area (Å²) < 4.78 is 14.2. The van der Waals surface area contributed by atoms with Gasteiger partial charge in [-0.15, -0.1) is 0 Å². The number of halogens is 1. The highest BCUT2D eigenvalue weighted by molar-refractivity contribution is 7.99. The van der Waals surface area contributed by atoms with Crippen LogP contribution in [0.15, 0.2) is 82.7 Å². The lowest BCUT2D eigenvalue weighted by molar-refractivity contribution is 0.112. The molecule has 0 fully saturated rings. The third-order valence-corrected chi connectivity index (χ3v) is 5.38. The first-order valence-electron chi connectivity index (χ1n) is 8.94. The van der Waals surface area contributed by atoms with E-state index in [1.165, 1.54) is 6.07 Å². The number of aldehydes is 1. The molecule has 0 saturated heterocycles. The molecule has 0 spiro atoms. The van der Waals surface area contributed by atoms with Gasteiger partial charge in [0.15, 0.2) is 0 Å². The molecular formula is C23H21FN2OS. The van der Waals surface area contributed by atoms with E-state index < -0.39 is 0 Å². The summed E-state index contributed by atoms with van der Waals surface area (Å²) in [6.45, 7) is 1.98. The number of nitrogens with one attached hydrogen (secondary N) is 1. The summed E-state index contributed by atoms with van der Waals surface area (Å²) in [4.78, 5) is 12.8. The fourth-order valence-electron chi connectivity index (χ4n) is 2.79. The van der Waals surface area contributed by atoms with Crippen LogP contribution in [0.1, 0.15) is 28.4 Å². The van der Waals surface area contributed by atoms with Crippen molar-refractivity contribution in [3.63, 3.8) is 0 Å². The summed E-state index contributed by atoms with van der Waals surface area (Å²) in [7, 11) is 0. The van der Waals surface area contributed by atoms with Crippen molar-refractivity contribution in [1.82, 2.24) is 0 Å². The largest absolute Gasteiger partial charge is 0.397 e. The summed E-state index contributed by atoms with van der Waals surface area (Å²) in [5.41, 5.74) is 9.64. The molecule has 0 amide bonds. The van der Waals surface area contributed by atoms with Gasteiger partial charge in [-0.2, -0.15) is 0 Å². The second-order valence-corrected chi connectivity index (χ2v) is 7.27. The first-order chi connectivity index (χ1) is 13.6. The summed E-state index contributed by atoms with van der Waals surface area (Å²) in [6.07, 6.45) is 3.17. The van der Waals surface area contributed by atoms with Crippen LogP contribution in [0.4, 0.5) is 10.1 Å².